The molecule has 1 aliphatic carbocycles. The fourth-order valence-corrected chi connectivity index (χ4v) is 5.44. The summed E-state index contributed by atoms with van der Waals surface area (Å²) in [5, 5.41) is 14.8. The van der Waals surface area contributed by atoms with Crippen LogP contribution in [0.2, 0.25) is 0 Å². The molecule has 0 radical (unpaired) electrons. The Bertz CT molecular complexity index is 1020. The van der Waals surface area contributed by atoms with E-state index in [-0.39, 0.29) is 55.1 Å². The highest BCUT2D eigenvalue weighted by molar-refractivity contribution is 7.89. The molecule has 2 fully saturated rings. The number of aliphatic hydroxyl groups excluding tert-OH is 1. The second-order valence-electron chi connectivity index (χ2n) is 9.25. The van der Waals surface area contributed by atoms with E-state index in [1.54, 1.807) is 20.1 Å². The largest absolute Gasteiger partial charge is 0.393 e. The van der Waals surface area contributed by atoms with Crippen molar-refractivity contribution in [3.63, 3.8) is 0 Å². The molecule has 1 aliphatic heterocycles. The number of halogens is 2. The minimum absolute atomic E-state index is 0.0295. The molecule has 36 heavy (non-hydrogen) atoms. The number of sulfonamides is 1. The van der Waals surface area contributed by atoms with Gasteiger partial charge in [0.2, 0.25) is 16.0 Å². The Morgan fingerprint density at radius 2 is 2.03 bits per heavy atom. The normalized spacial score (nSPS) is 23.6. The van der Waals surface area contributed by atoms with Crippen molar-refractivity contribution < 1.29 is 31.8 Å². The Labute approximate surface area is 209 Å². The van der Waals surface area contributed by atoms with Gasteiger partial charge >= 0.3 is 6.61 Å². The lowest BCUT2D eigenvalue weighted by molar-refractivity contribution is -0.125. The first-order chi connectivity index (χ1) is 17.1. The van der Waals surface area contributed by atoms with Crippen LogP contribution in [0.15, 0.2) is 11.2 Å². The van der Waals surface area contributed by atoms with Gasteiger partial charge in [-0.15, -0.1) is 0 Å². The zero-order chi connectivity index (χ0) is 26.3. The van der Waals surface area contributed by atoms with Crippen LogP contribution in [0.3, 0.4) is 0 Å². The Morgan fingerprint density at radius 1 is 1.31 bits per heavy atom. The van der Waals surface area contributed by atoms with Crippen LogP contribution in [0.5, 0.6) is 0 Å². The highest BCUT2D eigenvalue weighted by Gasteiger charge is 2.34. The van der Waals surface area contributed by atoms with Crippen molar-refractivity contribution in [3.05, 3.63) is 11.8 Å². The molecular formula is C22H34F2N6O5S. The molecule has 0 spiro atoms. The summed E-state index contributed by atoms with van der Waals surface area (Å²) in [6, 6.07) is -0.369. The van der Waals surface area contributed by atoms with Crippen molar-refractivity contribution >= 4 is 33.9 Å². The predicted octanol–water partition coefficient (Wildman–Crippen LogP) is 1.92. The number of rotatable bonds is 11. The van der Waals surface area contributed by atoms with E-state index in [9.17, 15) is 27.1 Å². The molecule has 202 valence electrons. The monoisotopic (exact) mass is 532 g/mol. The Hall–Kier alpha value is -2.29. The average molecular weight is 533 g/mol. The zero-order valence-corrected chi connectivity index (χ0v) is 21.3. The Balaban J connectivity index is 1.71. The van der Waals surface area contributed by atoms with E-state index in [1.165, 1.54) is 10.5 Å². The molecule has 1 amide bonds. The van der Waals surface area contributed by atoms with E-state index >= 15 is 0 Å². The van der Waals surface area contributed by atoms with Gasteiger partial charge in [-0.25, -0.2) is 18.4 Å². The van der Waals surface area contributed by atoms with Crippen molar-refractivity contribution in [1.29, 1.82) is 0 Å². The van der Waals surface area contributed by atoms with Gasteiger partial charge < -0.3 is 20.5 Å². The third kappa shape index (κ3) is 7.85. The topological polar surface area (TPSA) is 146 Å². The van der Waals surface area contributed by atoms with Crippen molar-refractivity contribution in [1.82, 2.24) is 19.6 Å². The second kappa shape index (κ2) is 12.8. The van der Waals surface area contributed by atoms with E-state index in [4.69, 9.17) is 0 Å². The Kier molecular flexibility index (Phi) is 10.0. The zero-order valence-electron chi connectivity index (χ0n) is 20.4. The highest BCUT2D eigenvalue weighted by atomic mass is 32.2. The Morgan fingerprint density at radius 3 is 2.69 bits per heavy atom. The van der Waals surface area contributed by atoms with Crippen LogP contribution in [0.25, 0.3) is 0 Å². The van der Waals surface area contributed by atoms with Gasteiger partial charge in [0.1, 0.15) is 5.56 Å². The molecule has 0 aromatic carbocycles. The summed E-state index contributed by atoms with van der Waals surface area (Å²) in [4.78, 5) is 25.9. The molecule has 1 saturated carbocycles. The van der Waals surface area contributed by atoms with Gasteiger partial charge in [0, 0.05) is 38.1 Å². The molecule has 2 aliphatic rings. The molecule has 1 aromatic heterocycles. The number of hydrogen-bond acceptors (Lipinski definition) is 9. The third-order valence-electron chi connectivity index (χ3n) is 6.23. The highest BCUT2D eigenvalue weighted by Crippen LogP contribution is 2.25. The first-order valence-electron chi connectivity index (χ1n) is 12.1. The van der Waals surface area contributed by atoms with Crippen LogP contribution in [-0.2, 0) is 14.8 Å². The summed E-state index contributed by atoms with van der Waals surface area (Å²) >= 11 is 0. The molecular weight excluding hydrogens is 498 g/mol. The van der Waals surface area contributed by atoms with E-state index in [0.717, 1.165) is 12.8 Å². The maximum absolute atomic E-state index is 13.1. The fraction of sp³-hybridized carbons (Fsp3) is 0.727. The van der Waals surface area contributed by atoms with Gasteiger partial charge in [0.15, 0.2) is 5.82 Å². The molecule has 11 nitrogen and oxygen atoms in total. The summed E-state index contributed by atoms with van der Waals surface area (Å²) in [6.45, 7) is 0.626. The maximum atomic E-state index is 13.1. The number of ether oxygens (including phenoxy) is 1. The van der Waals surface area contributed by atoms with Crippen molar-refractivity contribution in [2.75, 3.05) is 31.6 Å². The maximum Gasteiger partial charge on any atom is 0.345 e. The van der Waals surface area contributed by atoms with Crippen molar-refractivity contribution in [2.45, 2.75) is 70.0 Å². The number of aliphatic hydroxyl groups is 1. The van der Waals surface area contributed by atoms with Crippen LogP contribution < -0.4 is 10.6 Å². The van der Waals surface area contributed by atoms with Gasteiger partial charge in [-0.1, -0.05) is 0 Å². The minimum atomic E-state index is -3.41. The molecule has 2 heterocycles. The van der Waals surface area contributed by atoms with Crippen LogP contribution in [-0.4, -0.2) is 90.2 Å². The summed E-state index contributed by atoms with van der Waals surface area (Å²) in [6.07, 6.45) is 6.03. The smallest absolute Gasteiger partial charge is 0.345 e. The number of nitrogens with zero attached hydrogens (tertiary/aromatic N) is 4. The molecule has 1 aromatic rings. The van der Waals surface area contributed by atoms with E-state index in [0.29, 0.717) is 25.8 Å². The number of aromatic nitrogens is 2. The van der Waals surface area contributed by atoms with E-state index in [1.807, 2.05) is 0 Å². The van der Waals surface area contributed by atoms with Crippen molar-refractivity contribution in [3.8, 4) is 0 Å². The number of anilines is 1. The average Bonchev–Trinajstić information content (AvgIpc) is 3.30. The van der Waals surface area contributed by atoms with Gasteiger partial charge in [-0.3, -0.25) is 4.79 Å². The van der Waals surface area contributed by atoms with Gasteiger partial charge in [-0.05, 0) is 51.9 Å². The molecule has 1 atom stereocenters. The summed E-state index contributed by atoms with van der Waals surface area (Å²) < 4.78 is 54.8. The number of nitrogens with one attached hydrogen (secondary N) is 2. The molecule has 0 unspecified atom stereocenters. The number of carbonyl (C=O) groups excluding carboxylic acids is 1. The third-order valence-corrected chi connectivity index (χ3v) is 8.48. The van der Waals surface area contributed by atoms with Crippen LogP contribution >= 0.6 is 0 Å². The number of hydrogen-bond donors (Lipinski definition) is 3. The number of amides is 1. The summed E-state index contributed by atoms with van der Waals surface area (Å²) in [5.41, 5.74) is 0.113. The SMILES string of the molecule is CC(C)S(=O)(=O)N1CC[C@H](NC(=O)c2cnc(NCCOC(F)F)nc2N=CC2CCC(O)CC2)C1. The van der Waals surface area contributed by atoms with Crippen LogP contribution in [0, 0.1) is 5.92 Å². The van der Waals surface area contributed by atoms with Crippen LogP contribution in [0.1, 0.15) is 56.3 Å². The number of alkyl halides is 2. The van der Waals surface area contributed by atoms with Crippen molar-refractivity contribution in [2.24, 2.45) is 10.9 Å². The molecule has 14 heteroatoms. The quantitative estimate of drug-likeness (QED) is 0.289. The minimum Gasteiger partial charge on any atom is -0.393 e. The first-order valence-corrected chi connectivity index (χ1v) is 13.6. The molecule has 1 saturated heterocycles. The lowest BCUT2D eigenvalue weighted by Crippen LogP contribution is -2.40. The molecule has 3 N–H and O–H groups in total. The van der Waals surface area contributed by atoms with Gasteiger partial charge in [0.25, 0.3) is 5.91 Å². The first kappa shape index (κ1) is 28.3. The molecule has 0 bridgehead atoms. The summed E-state index contributed by atoms with van der Waals surface area (Å²) in [5.74, 6) is -0.149. The van der Waals surface area contributed by atoms with Gasteiger partial charge in [-0.2, -0.15) is 18.1 Å². The van der Waals surface area contributed by atoms with Gasteiger partial charge in [0.05, 0.1) is 18.0 Å². The summed E-state index contributed by atoms with van der Waals surface area (Å²) in [7, 11) is -3.41. The second-order valence-corrected chi connectivity index (χ2v) is 11.7. The van der Waals surface area contributed by atoms with Crippen LogP contribution in [0.4, 0.5) is 20.5 Å². The number of carbonyl (C=O) groups is 1. The lowest BCUT2D eigenvalue weighted by atomic mass is 9.88. The number of aliphatic imine (C=N–C) groups is 1. The van der Waals surface area contributed by atoms with E-state index < -0.39 is 27.8 Å². The predicted molar refractivity (Wildman–Crippen MR) is 130 cm³/mol. The van der Waals surface area contributed by atoms with E-state index in [2.05, 4.69) is 30.3 Å². The molecule has 3 rings (SSSR count). The standard InChI is InChI=1S/C22H34F2N6O5S/c1-14(2)36(33,34)30-9-7-16(13-30)28-20(32)18-12-27-22(25-8-10-35-21(23)24)29-19(18)26-11-15-3-5-17(31)6-4-15/h11-12,14-17,21,31H,3-10,13H2,1-2H3,(H,28,32)(H,25,27,29)/t15?,16-,17?/m0/s1. The fourth-order valence-electron chi connectivity index (χ4n) is 4.09. The lowest BCUT2D eigenvalue weighted by Gasteiger charge is -2.22.